The summed E-state index contributed by atoms with van der Waals surface area (Å²) in [5.41, 5.74) is 0.362. The molecule has 1 fully saturated rings. The number of hydrogen-bond acceptors (Lipinski definition) is 5. The number of anilines is 1. The summed E-state index contributed by atoms with van der Waals surface area (Å²) < 4.78 is 0. The zero-order valence-corrected chi connectivity index (χ0v) is 11.2. The van der Waals surface area contributed by atoms with Gasteiger partial charge in [-0.1, -0.05) is 6.92 Å². The van der Waals surface area contributed by atoms with Crippen LogP contribution in [0.5, 0.6) is 0 Å². The van der Waals surface area contributed by atoms with Gasteiger partial charge in [0.1, 0.15) is 5.82 Å². The van der Waals surface area contributed by atoms with Crippen LogP contribution in [0, 0.1) is 5.92 Å². The van der Waals surface area contributed by atoms with E-state index in [0.29, 0.717) is 24.6 Å². The highest BCUT2D eigenvalue weighted by Gasteiger charge is 2.27. The lowest BCUT2D eigenvalue weighted by atomic mass is 10.1. The van der Waals surface area contributed by atoms with Crippen LogP contribution >= 0.6 is 0 Å². The van der Waals surface area contributed by atoms with Gasteiger partial charge in [-0.25, -0.2) is 0 Å². The highest BCUT2D eigenvalue weighted by Crippen LogP contribution is 2.17. The molecule has 6 nitrogen and oxygen atoms in total. The van der Waals surface area contributed by atoms with Gasteiger partial charge in [-0.15, -0.1) is 10.2 Å². The van der Waals surface area contributed by atoms with Crippen molar-refractivity contribution in [1.82, 2.24) is 15.1 Å². The van der Waals surface area contributed by atoms with Crippen LogP contribution in [-0.2, 0) is 0 Å². The first-order valence-corrected chi connectivity index (χ1v) is 6.72. The molecule has 1 aliphatic rings. The molecule has 2 rings (SSSR count). The van der Waals surface area contributed by atoms with Gasteiger partial charge in [0.2, 0.25) is 0 Å². The van der Waals surface area contributed by atoms with E-state index in [4.69, 9.17) is 5.11 Å². The third-order valence-electron chi connectivity index (χ3n) is 3.27. The van der Waals surface area contributed by atoms with Gasteiger partial charge < -0.3 is 15.3 Å². The molecule has 1 saturated heterocycles. The number of aromatic nitrogens is 2. The van der Waals surface area contributed by atoms with Crippen molar-refractivity contribution in [3.63, 3.8) is 0 Å². The largest absolute Gasteiger partial charge is 0.396 e. The van der Waals surface area contributed by atoms with Gasteiger partial charge in [0.05, 0.1) is 0 Å². The molecule has 0 aromatic carbocycles. The summed E-state index contributed by atoms with van der Waals surface area (Å²) in [6, 6.07) is 3.47. The minimum atomic E-state index is -0.106. The van der Waals surface area contributed by atoms with Gasteiger partial charge in [-0.3, -0.25) is 4.79 Å². The summed E-state index contributed by atoms with van der Waals surface area (Å²) >= 11 is 0. The maximum Gasteiger partial charge on any atom is 0.274 e. The van der Waals surface area contributed by atoms with Crippen LogP contribution in [-0.4, -0.2) is 52.4 Å². The van der Waals surface area contributed by atoms with Gasteiger partial charge >= 0.3 is 0 Å². The molecule has 2 N–H and O–H groups in total. The number of amides is 1. The zero-order chi connectivity index (χ0) is 13.7. The molecule has 19 heavy (non-hydrogen) atoms. The number of rotatable bonds is 5. The lowest BCUT2D eigenvalue weighted by Gasteiger charge is -2.15. The third kappa shape index (κ3) is 3.41. The Morgan fingerprint density at radius 3 is 2.95 bits per heavy atom. The quantitative estimate of drug-likeness (QED) is 0.820. The van der Waals surface area contributed by atoms with Crippen molar-refractivity contribution >= 4 is 11.7 Å². The minimum Gasteiger partial charge on any atom is -0.396 e. The Morgan fingerprint density at radius 2 is 2.37 bits per heavy atom. The summed E-state index contributed by atoms with van der Waals surface area (Å²) in [4.78, 5) is 13.9. The van der Waals surface area contributed by atoms with Crippen LogP contribution in [0.15, 0.2) is 12.1 Å². The van der Waals surface area contributed by atoms with Crippen LogP contribution in [0.25, 0.3) is 0 Å². The van der Waals surface area contributed by atoms with Crippen LogP contribution in [0.4, 0.5) is 5.82 Å². The predicted molar refractivity (Wildman–Crippen MR) is 71.9 cm³/mol. The monoisotopic (exact) mass is 264 g/mol. The predicted octanol–water partition coefficient (Wildman–Crippen LogP) is 0.753. The van der Waals surface area contributed by atoms with Gasteiger partial charge in [-0.05, 0) is 25.0 Å². The average molecular weight is 264 g/mol. The molecule has 0 spiro atoms. The number of carbonyl (C=O) groups is 1. The van der Waals surface area contributed by atoms with Gasteiger partial charge in [0, 0.05) is 32.2 Å². The minimum absolute atomic E-state index is 0.106. The molecule has 0 saturated carbocycles. The summed E-state index contributed by atoms with van der Waals surface area (Å²) in [6.45, 7) is 4.33. The van der Waals surface area contributed by atoms with Crippen molar-refractivity contribution in [2.75, 3.05) is 31.6 Å². The van der Waals surface area contributed by atoms with Crippen molar-refractivity contribution in [3.05, 3.63) is 17.8 Å². The van der Waals surface area contributed by atoms with Crippen LogP contribution in [0.3, 0.4) is 0 Å². The Bertz CT molecular complexity index is 421. The number of nitrogens with zero attached hydrogens (tertiary/aromatic N) is 3. The Labute approximate surface area is 112 Å². The average Bonchev–Trinajstić information content (AvgIpc) is 2.94. The van der Waals surface area contributed by atoms with Crippen molar-refractivity contribution in [3.8, 4) is 0 Å². The first kappa shape index (κ1) is 13.7. The van der Waals surface area contributed by atoms with E-state index in [-0.39, 0.29) is 18.4 Å². The molecule has 0 radical (unpaired) electrons. The second-order valence-electron chi connectivity index (χ2n) is 4.82. The fraction of sp³-hybridized carbons (Fsp3) is 0.615. The van der Waals surface area contributed by atoms with Gasteiger partial charge in [-0.2, -0.15) is 0 Å². The highest BCUT2D eigenvalue weighted by atomic mass is 16.3. The summed E-state index contributed by atoms with van der Waals surface area (Å²) in [7, 11) is 0. The van der Waals surface area contributed by atoms with E-state index >= 15 is 0 Å². The van der Waals surface area contributed by atoms with E-state index in [1.807, 2.05) is 0 Å². The van der Waals surface area contributed by atoms with E-state index in [1.54, 1.807) is 17.0 Å². The molecule has 1 atom stereocenters. The number of aliphatic hydroxyl groups is 1. The second-order valence-corrected chi connectivity index (χ2v) is 4.82. The van der Waals surface area contributed by atoms with E-state index in [1.165, 1.54) is 0 Å². The SMILES string of the molecule is CCCNc1ccc(C(=O)N2CCC(CO)C2)nn1. The molecule has 1 aromatic heterocycles. The lowest BCUT2D eigenvalue weighted by molar-refractivity contribution is 0.0775. The van der Waals surface area contributed by atoms with E-state index in [9.17, 15) is 4.79 Å². The fourth-order valence-electron chi connectivity index (χ4n) is 2.12. The Hall–Kier alpha value is -1.69. The summed E-state index contributed by atoms with van der Waals surface area (Å²) in [5.74, 6) is 0.779. The molecule has 1 amide bonds. The maximum absolute atomic E-state index is 12.2. The fourth-order valence-corrected chi connectivity index (χ4v) is 2.12. The second kappa shape index (κ2) is 6.47. The first-order chi connectivity index (χ1) is 9.24. The van der Waals surface area contributed by atoms with E-state index in [2.05, 4.69) is 22.4 Å². The molecule has 6 heteroatoms. The van der Waals surface area contributed by atoms with Crippen molar-refractivity contribution in [2.24, 2.45) is 5.92 Å². The number of likely N-dealkylation sites (tertiary alicyclic amines) is 1. The Morgan fingerprint density at radius 1 is 1.53 bits per heavy atom. The lowest BCUT2D eigenvalue weighted by Crippen LogP contribution is -2.30. The Kier molecular flexibility index (Phi) is 4.68. The van der Waals surface area contributed by atoms with Crippen molar-refractivity contribution in [2.45, 2.75) is 19.8 Å². The van der Waals surface area contributed by atoms with E-state index < -0.39 is 0 Å². The standard InChI is InChI=1S/C13H20N4O2/c1-2-6-14-12-4-3-11(15-16-12)13(19)17-7-5-10(8-17)9-18/h3-4,10,18H,2,5-9H2,1H3,(H,14,16). The smallest absolute Gasteiger partial charge is 0.274 e. The van der Waals surface area contributed by atoms with Crippen LogP contribution < -0.4 is 5.32 Å². The molecule has 0 bridgehead atoms. The number of hydrogen-bond donors (Lipinski definition) is 2. The molecule has 1 unspecified atom stereocenters. The number of aliphatic hydroxyl groups excluding tert-OH is 1. The highest BCUT2D eigenvalue weighted by molar-refractivity contribution is 5.92. The maximum atomic E-state index is 12.2. The third-order valence-corrected chi connectivity index (χ3v) is 3.27. The number of nitrogens with one attached hydrogen (secondary N) is 1. The van der Waals surface area contributed by atoms with Crippen molar-refractivity contribution < 1.29 is 9.90 Å². The zero-order valence-electron chi connectivity index (χ0n) is 11.2. The van der Waals surface area contributed by atoms with Gasteiger partial charge in [0.25, 0.3) is 5.91 Å². The topological polar surface area (TPSA) is 78.4 Å². The first-order valence-electron chi connectivity index (χ1n) is 6.72. The molecule has 1 aliphatic heterocycles. The molecule has 0 aliphatic carbocycles. The van der Waals surface area contributed by atoms with Gasteiger partial charge in [0.15, 0.2) is 5.69 Å². The summed E-state index contributed by atoms with van der Waals surface area (Å²) in [5, 5.41) is 20.1. The molecule has 104 valence electrons. The molecular weight excluding hydrogens is 244 g/mol. The number of carbonyl (C=O) groups excluding carboxylic acids is 1. The van der Waals surface area contributed by atoms with E-state index in [0.717, 1.165) is 19.4 Å². The summed E-state index contributed by atoms with van der Waals surface area (Å²) in [6.07, 6.45) is 1.87. The Balaban J connectivity index is 1.96. The van der Waals surface area contributed by atoms with Crippen LogP contribution in [0.1, 0.15) is 30.3 Å². The molecule has 1 aromatic rings. The molecule has 2 heterocycles. The van der Waals surface area contributed by atoms with Crippen molar-refractivity contribution in [1.29, 1.82) is 0 Å². The van der Waals surface area contributed by atoms with Crippen LogP contribution in [0.2, 0.25) is 0 Å². The normalized spacial score (nSPS) is 18.6. The molecular formula is C13H20N4O2.